The molecule has 164 valence electrons. The summed E-state index contributed by atoms with van der Waals surface area (Å²) in [6.45, 7) is 6.44. The number of anilines is 1. The van der Waals surface area contributed by atoms with Crippen molar-refractivity contribution in [3.8, 4) is 0 Å². The Morgan fingerprint density at radius 1 is 1.23 bits per heavy atom. The van der Waals surface area contributed by atoms with Crippen molar-refractivity contribution in [2.75, 3.05) is 5.32 Å². The Hall–Kier alpha value is -3.62. The van der Waals surface area contributed by atoms with Crippen LogP contribution in [0, 0.1) is 13.8 Å². The molecule has 0 aliphatic rings. The fourth-order valence-corrected chi connectivity index (χ4v) is 3.45. The lowest BCUT2D eigenvalue weighted by Gasteiger charge is -2.20. The fraction of sp³-hybridized carbons (Fsp3) is 0.364. The standard InChI is InChI=1S/C22H27N5O4/c1-12-20(13(2)27(5)26-12)25-21(29)14(3)31-22(30)19(24-15(4)28)10-16-11-23-18-9-7-6-8-17(16)18/h6-9,11,14,19,23H,10H2,1-5H3,(H,24,28)(H,25,29)/t14-,19+/m1/s1. The molecule has 0 unspecified atom stereocenters. The minimum atomic E-state index is -1.05. The lowest BCUT2D eigenvalue weighted by atomic mass is 10.0. The van der Waals surface area contributed by atoms with Crippen molar-refractivity contribution < 1.29 is 19.1 Å². The van der Waals surface area contributed by atoms with Gasteiger partial charge in [0.1, 0.15) is 6.04 Å². The van der Waals surface area contributed by atoms with Crippen LogP contribution in [0.25, 0.3) is 10.9 Å². The van der Waals surface area contributed by atoms with Gasteiger partial charge < -0.3 is 20.4 Å². The first-order chi connectivity index (χ1) is 14.7. The molecule has 3 N–H and O–H groups in total. The van der Waals surface area contributed by atoms with E-state index in [0.29, 0.717) is 11.4 Å². The van der Waals surface area contributed by atoms with Crippen LogP contribution in [0.2, 0.25) is 0 Å². The van der Waals surface area contributed by atoms with Crippen LogP contribution in [0.15, 0.2) is 30.5 Å². The number of hydrogen-bond donors (Lipinski definition) is 3. The molecule has 0 radical (unpaired) electrons. The largest absolute Gasteiger partial charge is 0.451 e. The lowest BCUT2D eigenvalue weighted by molar-refractivity contribution is -0.156. The summed E-state index contributed by atoms with van der Waals surface area (Å²) in [6, 6.07) is 6.76. The first-order valence-electron chi connectivity index (χ1n) is 10.0. The quantitative estimate of drug-likeness (QED) is 0.501. The van der Waals surface area contributed by atoms with Gasteiger partial charge in [0.05, 0.1) is 17.1 Å². The molecule has 2 atom stereocenters. The zero-order valence-electron chi connectivity index (χ0n) is 18.3. The van der Waals surface area contributed by atoms with Gasteiger partial charge in [-0.25, -0.2) is 4.79 Å². The fourth-order valence-electron chi connectivity index (χ4n) is 3.45. The minimum Gasteiger partial charge on any atom is -0.451 e. The Bertz CT molecular complexity index is 1130. The average Bonchev–Trinajstić information content (AvgIpc) is 3.22. The van der Waals surface area contributed by atoms with Gasteiger partial charge >= 0.3 is 5.97 Å². The zero-order chi connectivity index (χ0) is 22.7. The molecule has 31 heavy (non-hydrogen) atoms. The van der Waals surface area contributed by atoms with E-state index in [1.807, 2.05) is 31.2 Å². The van der Waals surface area contributed by atoms with Gasteiger partial charge in [-0.15, -0.1) is 0 Å². The number of para-hydroxylation sites is 1. The molecule has 9 heteroatoms. The highest BCUT2D eigenvalue weighted by Gasteiger charge is 2.27. The van der Waals surface area contributed by atoms with E-state index in [4.69, 9.17) is 4.74 Å². The van der Waals surface area contributed by atoms with E-state index in [1.54, 1.807) is 24.9 Å². The molecule has 9 nitrogen and oxygen atoms in total. The number of esters is 1. The van der Waals surface area contributed by atoms with Crippen molar-refractivity contribution in [1.82, 2.24) is 20.1 Å². The first-order valence-corrected chi connectivity index (χ1v) is 10.0. The molecule has 0 bridgehead atoms. The van der Waals surface area contributed by atoms with E-state index in [-0.39, 0.29) is 12.3 Å². The van der Waals surface area contributed by atoms with Crippen molar-refractivity contribution in [3.05, 3.63) is 47.4 Å². The molecule has 0 saturated carbocycles. The Morgan fingerprint density at radius 3 is 2.58 bits per heavy atom. The summed E-state index contributed by atoms with van der Waals surface area (Å²) in [5.74, 6) is -1.51. The highest BCUT2D eigenvalue weighted by atomic mass is 16.5. The number of amides is 2. The van der Waals surface area contributed by atoms with Crippen molar-refractivity contribution in [3.63, 3.8) is 0 Å². The average molecular weight is 425 g/mol. The van der Waals surface area contributed by atoms with E-state index < -0.39 is 24.0 Å². The second-order valence-electron chi connectivity index (χ2n) is 7.55. The van der Waals surface area contributed by atoms with E-state index in [2.05, 4.69) is 20.7 Å². The first kappa shape index (κ1) is 22.1. The molecular weight excluding hydrogens is 398 g/mol. The Balaban J connectivity index is 1.71. The summed E-state index contributed by atoms with van der Waals surface area (Å²) < 4.78 is 7.05. The van der Waals surface area contributed by atoms with Gasteiger partial charge in [-0.1, -0.05) is 18.2 Å². The molecule has 0 aliphatic heterocycles. The monoisotopic (exact) mass is 425 g/mol. The Labute approximate surface area is 180 Å². The van der Waals surface area contributed by atoms with Gasteiger partial charge in [0, 0.05) is 37.5 Å². The maximum Gasteiger partial charge on any atom is 0.329 e. The maximum absolute atomic E-state index is 12.8. The molecular formula is C22H27N5O4. The predicted octanol–water partition coefficient (Wildman–Crippen LogP) is 2.14. The van der Waals surface area contributed by atoms with Crippen LogP contribution in [-0.4, -0.2) is 44.7 Å². The third-order valence-electron chi connectivity index (χ3n) is 5.18. The molecule has 0 saturated heterocycles. The third kappa shape index (κ3) is 4.93. The van der Waals surface area contributed by atoms with Gasteiger partial charge in [0.2, 0.25) is 5.91 Å². The molecule has 0 aliphatic carbocycles. The number of aryl methyl sites for hydroxylation is 2. The smallest absolute Gasteiger partial charge is 0.329 e. The number of rotatable bonds is 7. The number of aromatic amines is 1. The van der Waals surface area contributed by atoms with Gasteiger partial charge in [0.25, 0.3) is 5.91 Å². The van der Waals surface area contributed by atoms with Gasteiger partial charge in [0.15, 0.2) is 6.10 Å². The Morgan fingerprint density at radius 2 is 1.94 bits per heavy atom. The second-order valence-corrected chi connectivity index (χ2v) is 7.55. The predicted molar refractivity (Wildman–Crippen MR) is 116 cm³/mol. The SMILES string of the molecule is CC(=O)N[C@@H](Cc1c[nH]c2ccccc12)C(=O)O[C@H](C)C(=O)Nc1c(C)nn(C)c1C. The van der Waals surface area contributed by atoms with Crippen LogP contribution in [0.4, 0.5) is 5.69 Å². The number of H-pyrrole nitrogens is 1. The van der Waals surface area contributed by atoms with Crippen molar-refractivity contribution in [2.24, 2.45) is 7.05 Å². The molecule has 2 aromatic heterocycles. The number of ether oxygens (including phenoxy) is 1. The van der Waals surface area contributed by atoms with E-state index in [1.165, 1.54) is 13.8 Å². The molecule has 2 amide bonds. The highest BCUT2D eigenvalue weighted by molar-refractivity contribution is 5.96. The number of hydrogen-bond acceptors (Lipinski definition) is 5. The molecule has 3 rings (SSSR count). The number of fused-ring (bicyclic) bond motifs is 1. The second kappa shape index (κ2) is 9.03. The molecule has 0 spiro atoms. The molecule has 3 aromatic rings. The molecule has 1 aromatic carbocycles. The summed E-state index contributed by atoms with van der Waals surface area (Å²) in [5, 5.41) is 10.6. The van der Waals surface area contributed by atoms with Crippen LogP contribution < -0.4 is 10.6 Å². The van der Waals surface area contributed by atoms with Crippen LogP contribution in [-0.2, 0) is 32.6 Å². The van der Waals surface area contributed by atoms with Crippen LogP contribution in [0.1, 0.15) is 30.8 Å². The van der Waals surface area contributed by atoms with Crippen molar-refractivity contribution >= 4 is 34.4 Å². The van der Waals surface area contributed by atoms with Crippen LogP contribution in [0.5, 0.6) is 0 Å². The number of nitrogens with one attached hydrogen (secondary N) is 3. The maximum atomic E-state index is 12.8. The van der Waals surface area contributed by atoms with E-state index in [9.17, 15) is 14.4 Å². The summed E-state index contributed by atoms with van der Waals surface area (Å²) in [7, 11) is 1.78. The van der Waals surface area contributed by atoms with Gasteiger partial charge in [-0.2, -0.15) is 5.10 Å². The number of aromatic nitrogens is 3. The number of carbonyl (C=O) groups excluding carboxylic acids is 3. The topological polar surface area (TPSA) is 118 Å². The normalized spacial score (nSPS) is 12.9. The van der Waals surface area contributed by atoms with Crippen LogP contribution in [0.3, 0.4) is 0 Å². The number of benzene rings is 1. The summed E-state index contributed by atoms with van der Waals surface area (Å²) >= 11 is 0. The summed E-state index contributed by atoms with van der Waals surface area (Å²) in [6.07, 6.45) is 0.986. The number of carbonyl (C=O) groups is 3. The summed E-state index contributed by atoms with van der Waals surface area (Å²) in [5.41, 5.74) is 3.85. The van der Waals surface area contributed by atoms with E-state index >= 15 is 0 Å². The van der Waals surface area contributed by atoms with Crippen molar-refractivity contribution in [1.29, 1.82) is 0 Å². The summed E-state index contributed by atoms with van der Waals surface area (Å²) in [4.78, 5) is 40.2. The van der Waals surface area contributed by atoms with Crippen molar-refractivity contribution in [2.45, 2.75) is 46.3 Å². The lowest BCUT2D eigenvalue weighted by Crippen LogP contribution is -2.44. The number of nitrogens with zero attached hydrogens (tertiary/aromatic N) is 2. The third-order valence-corrected chi connectivity index (χ3v) is 5.18. The highest BCUT2D eigenvalue weighted by Crippen LogP contribution is 2.21. The van der Waals surface area contributed by atoms with Gasteiger partial charge in [-0.05, 0) is 32.4 Å². The minimum absolute atomic E-state index is 0.234. The van der Waals surface area contributed by atoms with E-state index in [0.717, 1.165) is 22.2 Å². The van der Waals surface area contributed by atoms with Crippen LogP contribution >= 0.6 is 0 Å². The molecule has 0 fully saturated rings. The Kier molecular flexibility index (Phi) is 6.43. The molecule has 2 heterocycles. The zero-order valence-corrected chi connectivity index (χ0v) is 18.3. The van der Waals surface area contributed by atoms with Gasteiger partial charge in [-0.3, -0.25) is 14.3 Å².